The molecule has 110 valence electrons. The summed E-state index contributed by atoms with van der Waals surface area (Å²) in [6.45, 7) is 5.86. The number of hydrogen-bond donors (Lipinski definition) is 2. The van der Waals surface area contributed by atoms with Gasteiger partial charge in [-0.05, 0) is 31.4 Å². The van der Waals surface area contributed by atoms with E-state index in [2.05, 4.69) is 27.1 Å². The average molecular weight is 299 g/mol. The highest BCUT2D eigenvalue weighted by molar-refractivity contribution is 6.28. The van der Waals surface area contributed by atoms with Crippen molar-refractivity contribution in [2.45, 2.75) is 20.1 Å². The largest absolute Gasteiger partial charge is 0.368 e. The van der Waals surface area contributed by atoms with Gasteiger partial charge in [0.05, 0.1) is 5.56 Å². The summed E-state index contributed by atoms with van der Waals surface area (Å²) < 4.78 is 10.7. The van der Waals surface area contributed by atoms with Crippen LogP contribution in [0.25, 0.3) is 0 Å². The van der Waals surface area contributed by atoms with E-state index in [1.54, 1.807) is 6.20 Å². The van der Waals surface area contributed by atoms with Gasteiger partial charge in [0.25, 0.3) is 0 Å². The Labute approximate surface area is 124 Å². The monoisotopic (exact) mass is 298 g/mol. The van der Waals surface area contributed by atoms with Crippen molar-refractivity contribution in [3.63, 3.8) is 0 Å². The lowest BCUT2D eigenvalue weighted by molar-refractivity contribution is -0.0969. The second kappa shape index (κ2) is 9.50. The molecule has 0 spiro atoms. The Balaban J connectivity index is 2.89. The van der Waals surface area contributed by atoms with Gasteiger partial charge in [-0.3, -0.25) is 0 Å². The second-order valence-corrected chi connectivity index (χ2v) is 3.97. The quantitative estimate of drug-likeness (QED) is 0.448. The van der Waals surface area contributed by atoms with Gasteiger partial charge in [-0.1, -0.05) is 5.92 Å². The summed E-state index contributed by atoms with van der Waals surface area (Å²) in [5, 5.41) is 3.20. The fraction of sp³-hybridized carbons (Fsp3) is 0.538. The topological polar surface area (TPSA) is 82.3 Å². The maximum absolute atomic E-state index is 5.77. The summed E-state index contributed by atoms with van der Waals surface area (Å²) in [7, 11) is 0. The van der Waals surface area contributed by atoms with Gasteiger partial charge in [0.2, 0.25) is 11.6 Å². The molecule has 0 amide bonds. The van der Waals surface area contributed by atoms with Crippen molar-refractivity contribution in [2.24, 2.45) is 5.73 Å². The molecule has 0 aliphatic heterocycles. The predicted octanol–water partition coefficient (Wildman–Crippen LogP) is 1.25. The SMILES string of the molecule is CCOC(C#Cc1cnc(Cl)nc1NCCN)OCC. The predicted molar refractivity (Wildman–Crippen MR) is 78.5 cm³/mol. The molecule has 20 heavy (non-hydrogen) atoms. The molecule has 0 aliphatic carbocycles. The summed E-state index contributed by atoms with van der Waals surface area (Å²) in [6.07, 6.45) is 0.985. The number of halogens is 1. The van der Waals surface area contributed by atoms with E-state index in [0.717, 1.165) is 0 Å². The Hall–Kier alpha value is -1.39. The number of nitrogens with zero attached hydrogens (tertiary/aromatic N) is 2. The van der Waals surface area contributed by atoms with E-state index < -0.39 is 6.29 Å². The lowest BCUT2D eigenvalue weighted by Gasteiger charge is -2.10. The van der Waals surface area contributed by atoms with Crippen LogP contribution in [0.15, 0.2) is 6.20 Å². The highest BCUT2D eigenvalue weighted by Crippen LogP contribution is 2.12. The van der Waals surface area contributed by atoms with E-state index >= 15 is 0 Å². The summed E-state index contributed by atoms with van der Waals surface area (Å²) in [4.78, 5) is 8.00. The lowest BCUT2D eigenvalue weighted by Crippen LogP contribution is -2.16. The molecule has 0 aromatic carbocycles. The first-order valence-corrected chi connectivity index (χ1v) is 6.80. The molecule has 0 aliphatic rings. The van der Waals surface area contributed by atoms with Crippen LogP contribution in [-0.2, 0) is 9.47 Å². The normalized spacial score (nSPS) is 10.2. The molecular weight excluding hydrogens is 280 g/mol. The van der Waals surface area contributed by atoms with E-state index in [9.17, 15) is 0 Å². The first kappa shape index (κ1) is 16.7. The molecule has 1 aromatic heterocycles. The summed E-state index contributed by atoms with van der Waals surface area (Å²) in [6, 6.07) is 0. The van der Waals surface area contributed by atoms with Gasteiger partial charge in [0.15, 0.2) is 0 Å². The molecule has 0 saturated heterocycles. The third kappa shape index (κ3) is 5.72. The number of nitrogens with one attached hydrogen (secondary N) is 1. The van der Waals surface area contributed by atoms with E-state index in [-0.39, 0.29) is 5.28 Å². The van der Waals surface area contributed by atoms with Gasteiger partial charge in [0, 0.05) is 32.5 Å². The Bertz CT molecular complexity index is 467. The highest BCUT2D eigenvalue weighted by atomic mass is 35.5. The molecule has 3 N–H and O–H groups in total. The third-order valence-electron chi connectivity index (χ3n) is 2.16. The Morgan fingerprint density at radius 3 is 2.70 bits per heavy atom. The van der Waals surface area contributed by atoms with E-state index in [1.807, 2.05) is 13.8 Å². The fourth-order valence-corrected chi connectivity index (χ4v) is 1.48. The minimum absolute atomic E-state index is 0.154. The molecule has 0 unspecified atom stereocenters. The zero-order chi connectivity index (χ0) is 14.8. The van der Waals surface area contributed by atoms with Crippen LogP contribution in [0.4, 0.5) is 5.82 Å². The number of ether oxygens (including phenoxy) is 2. The van der Waals surface area contributed by atoms with Gasteiger partial charge in [-0.25, -0.2) is 4.98 Å². The molecule has 1 heterocycles. The lowest BCUT2D eigenvalue weighted by atomic mass is 10.3. The number of hydrogen-bond acceptors (Lipinski definition) is 6. The van der Waals surface area contributed by atoms with Crippen molar-refractivity contribution in [1.82, 2.24) is 9.97 Å². The Morgan fingerprint density at radius 1 is 1.40 bits per heavy atom. The maximum atomic E-state index is 5.77. The van der Waals surface area contributed by atoms with E-state index in [0.29, 0.717) is 37.7 Å². The zero-order valence-corrected chi connectivity index (χ0v) is 12.4. The smallest absolute Gasteiger partial charge is 0.224 e. The van der Waals surface area contributed by atoms with Crippen molar-refractivity contribution >= 4 is 17.4 Å². The summed E-state index contributed by atoms with van der Waals surface area (Å²) in [5.41, 5.74) is 6.07. The van der Waals surface area contributed by atoms with Crippen molar-refractivity contribution < 1.29 is 9.47 Å². The van der Waals surface area contributed by atoms with Crippen molar-refractivity contribution in [3.8, 4) is 11.8 Å². The zero-order valence-electron chi connectivity index (χ0n) is 11.6. The van der Waals surface area contributed by atoms with Crippen LogP contribution in [0.3, 0.4) is 0 Å². The molecule has 6 nitrogen and oxygen atoms in total. The third-order valence-corrected chi connectivity index (χ3v) is 2.34. The second-order valence-electron chi connectivity index (χ2n) is 3.63. The Kier molecular flexibility index (Phi) is 7.92. The number of aromatic nitrogens is 2. The molecule has 1 aromatic rings. The first-order valence-electron chi connectivity index (χ1n) is 6.42. The van der Waals surface area contributed by atoms with Crippen molar-refractivity contribution in [3.05, 3.63) is 17.0 Å². The molecule has 0 saturated carbocycles. The van der Waals surface area contributed by atoms with Crippen LogP contribution in [0, 0.1) is 11.8 Å². The van der Waals surface area contributed by atoms with Gasteiger partial charge in [-0.2, -0.15) is 4.98 Å². The van der Waals surface area contributed by atoms with Crippen LogP contribution in [0.1, 0.15) is 19.4 Å². The fourth-order valence-electron chi connectivity index (χ4n) is 1.35. The molecule has 7 heteroatoms. The molecule has 0 radical (unpaired) electrons. The molecule has 0 atom stereocenters. The average Bonchev–Trinajstić information content (AvgIpc) is 2.44. The Morgan fingerprint density at radius 2 is 2.10 bits per heavy atom. The number of nitrogens with two attached hydrogens (primary N) is 1. The molecule has 1 rings (SSSR count). The standard InChI is InChI=1S/C13H19ClN4O2/c1-3-19-11(20-4-2)6-5-10-9-17-13(14)18-12(10)16-8-7-15/h9,11H,3-4,7-8,15H2,1-2H3,(H,16,17,18). The molecule has 0 bridgehead atoms. The van der Waals surface area contributed by atoms with E-state index in [4.69, 9.17) is 26.8 Å². The number of rotatable bonds is 7. The number of anilines is 1. The highest BCUT2D eigenvalue weighted by Gasteiger charge is 2.06. The minimum Gasteiger partial charge on any atom is -0.368 e. The summed E-state index contributed by atoms with van der Waals surface area (Å²) in [5.74, 6) is 6.37. The maximum Gasteiger partial charge on any atom is 0.224 e. The van der Waals surface area contributed by atoms with Crippen LogP contribution in [0.2, 0.25) is 5.28 Å². The van der Waals surface area contributed by atoms with Gasteiger partial charge < -0.3 is 20.5 Å². The van der Waals surface area contributed by atoms with Gasteiger partial charge >= 0.3 is 0 Å². The van der Waals surface area contributed by atoms with E-state index in [1.165, 1.54) is 0 Å². The molecule has 0 fully saturated rings. The van der Waals surface area contributed by atoms with Crippen molar-refractivity contribution in [2.75, 3.05) is 31.6 Å². The van der Waals surface area contributed by atoms with Crippen LogP contribution in [-0.4, -0.2) is 42.6 Å². The van der Waals surface area contributed by atoms with Crippen LogP contribution >= 0.6 is 11.6 Å². The minimum atomic E-state index is -0.567. The van der Waals surface area contributed by atoms with Crippen LogP contribution in [0.5, 0.6) is 0 Å². The van der Waals surface area contributed by atoms with Gasteiger partial charge in [-0.15, -0.1) is 0 Å². The first-order chi connectivity index (χ1) is 9.71. The van der Waals surface area contributed by atoms with Gasteiger partial charge in [0.1, 0.15) is 5.82 Å². The summed E-state index contributed by atoms with van der Waals surface area (Å²) >= 11 is 5.77. The molecular formula is C13H19ClN4O2. The van der Waals surface area contributed by atoms with Crippen molar-refractivity contribution in [1.29, 1.82) is 0 Å². The van der Waals surface area contributed by atoms with Crippen LogP contribution < -0.4 is 11.1 Å².